The van der Waals surface area contributed by atoms with Crippen LogP contribution in [0.5, 0.6) is 0 Å². The van der Waals surface area contributed by atoms with Crippen LogP contribution in [0.25, 0.3) is 0 Å². The summed E-state index contributed by atoms with van der Waals surface area (Å²) in [4.78, 5) is 7.26. The van der Waals surface area contributed by atoms with Crippen LogP contribution in [0.2, 0.25) is 0 Å². The van der Waals surface area contributed by atoms with Gasteiger partial charge in [-0.1, -0.05) is 6.92 Å². The first-order valence-electron chi connectivity index (χ1n) is 8.23. The van der Waals surface area contributed by atoms with Crippen LogP contribution in [0.15, 0.2) is 4.99 Å². The van der Waals surface area contributed by atoms with Gasteiger partial charge in [0.15, 0.2) is 5.96 Å². The van der Waals surface area contributed by atoms with Gasteiger partial charge in [-0.15, -0.1) is 24.0 Å². The fraction of sp³-hybridized carbons (Fsp3) is 0.938. The molecule has 0 aromatic carbocycles. The Morgan fingerprint density at radius 1 is 1.19 bits per heavy atom. The van der Waals surface area contributed by atoms with E-state index >= 15 is 0 Å². The minimum absolute atomic E-state index is 0. The number of hydrogen-bond acceptors (Lipinski definition) is 2. The Hall–Kier alpha value is -0.0400. The van der Waals surface area contributed by atoms with E-state index in [2.05, 4.69) is 50.2 Å². The summed E-state index contributed by atoms with van der Waals surface area (Å²) < 4.78 is 0. The molecule has 1 rings (SSSR count). The second-order valence-corrected chi connectivity index (χ2v) is 6.80. The Bertz CT molecular complexity index is 291. The molecule has 2 N–H and O–H groups in total. The Labute approximate surface area is 148 Å². The van der Waals surface area contributed by atoms with Crippen LogP contribution in [0.4, 0.5) is 0 Å². The second kappa shape index (κ2) is 10.6. The quantitative estimate of drug-likeness (QED) is 0.416. The molecule has 0 aromatic heterocycles. The number of aliphatic imine (C=N–C) groups is 1. The summed E-state index contributed by atoms with van der Waals surface area (Å²) in [5.41, 5.74) is 0.0630. The standard InChI is InChI=1S/C16H34N4.HI/c1-6-17-15(19-16(3,4)5)18-11-8-14-9-12-20(7-2)13-10-14;/h14H,6-13H2,1-5H3,(H2,17,18,19);1H. The van der Waals surface area contributed by atoms with Gasteiger partial charge in [-0.2, -0.15) is 0 Å². The van der Waals surface area contributed by atoms with Crippen molar-refractivity contribution in [1.29, 1.82) is 0 Å². The molecule has 0 bridgehead atoms. The zero-order valence-electron chi connectivity index (χ0n) is 14.5. The van der Waals surface area contributed by atoms with Gasteiger partial charge in [-0.25, -0.2) is 0 Å². The molecule has 0 unspecified atom stereocenters. The van der Waals surface area contributed by atoms with Crippen molar-refractivity contribution in [3.8, 4) is 0 Å². The van der Waals surface area contributed by atoms with Gasteiger partial charge in [-0.05, 0) is 72.5 Å². The Balaban J connectivity index is 0.00000400. The van der Waals surface area contributed by atoms with Crippen molar-refractivity contribution in [3.63, 3.8) is 0 Å². The molecule has 21 heavy (non-hydrogen) atoms. The van der Waals surface area contributed by atoms with Gasteiger partial charge in [0.05, 0.1) is 0 Å². The molecule has 5 heteroatoms. The van der Waals surface area contributed by atoms with Crippen molar-refractivity contribution in [3.05, 3.63) is 0 Å². The van der Waals surface area contributed by atoms with Gasteiger partial charge in [-0.3, -0.25) is 4.99 Å². The van der Waals surface area contributed by atoms with E-state index in [-0.39, 0.29) is 29.5 Å². The van der Waals surface area contributed by atoms with E-state index in [9.17, 15) is 0 Å². The highest BCUT2D eigenvalue weighted by Crippen LogP contribution is 2.20. The number of hydrogen-bond donors (Lipinski definition) is 2. The number of rotatable bonds is 5. The van der Waals surface area contributed by atoms with Crippen LogP contribution in [0, 0.1) is 5.92 Å². The lowest BCUT2D eigenvalue weighted by Gasteiger charge is -2.30. The van der Waals surface area contributed by atoms with E-state index < -0.39 is 0 Å². The Morgan fingerprint density at radius 2 is 1.81 bits per heavy atom. The van der Waals surface area contributed by atoms with E-state index in [4.69, 9.17) is 4.99 Å². The normalized spacial score (nSPS) is 18.2. The Kier molecular flexibility index (Phi) is 10.6. The summed E-state index contributed by atoms with van der Waals surface area (Å²) >= 11 is 0. The number of halogens is 1. The molecule has 1 heterocycles. The van der Waals surface area contributed by atoms with Crippen LogP contribution in [0.3, 0.4) is 0 Å². The molecule has 0 atom stereocenters. The molecular formula is C16H35IN4. The molecule has 1 saturated heterocycles. The molecule has 0 saturated carbocycles. The minimum Gasteiger partial charge on any atom is -0.357 e. The number of nitrogens with one attached hydrogen (secondary N) is 2. The third kappa shape index (κ3) is 9.55. The van der Waals surface area contributed by atoms with Gasteiger partial charge in [0, 0.05) is 18.6 Å². The zero-order chi connectivity index (χ0) is 15.0. The Morgan fingerprint density at radius 3 is 2.29 bits per heavy atom. The first kappa shape index (κ1) is 21.0. The molecule has 4 nitrogen and oxygen atoms in total. The van der Waals surface area contributed by atoms with Crippen molar-refractivity contribution >= 4 is 29.9 Å². The molecule has 0 aliphatic carbocycles. The maximum absolute atomic E-state index is 4.71. The SMILES string of the molecule is CCNC(=NCCC1CCN(CC)CC1)NC(C)(C)C.I. The highest BCUT2D eigenvalue weighted by Gasteiger charge is 2.17. The average molecular weight is 410 g/mol. The van der Waals surface area contributed by atoms with Gasteiger partial charge in [0.2, 0.25) is 0 Å². The number of likely N-dealkylation sites (tertiary alicyclic amines) is 1. The largest absolute Gasteiger partial charge is 0.357 e. The first-order chi connectivity index (χ1) is 9.44. The van der Waals surface area contributed by atoms with E-state index in [0.29, 0.717) is 0 Å². The van der Waals surface area contributed by atoms with Crippen molar-refractivity contribution in [2.45, 2.75) is 59.4 Å². The topological polar surface area (TPSA) is 39.7 Å². The van der Waals surface area contributed by atoms with Gasteiger partial charge >= 0.3 is 0 Å². The molecule has 1 aliphatic heterocycles. The fourth-order valence-corrected chi connectivity index (χ4v) is 2.61. The molecule has 1 aliphatic rings. The van der Waals surface area contributed by atoms with Gasteiger partial charge < -0.3 is 15.5 Å². The van der Waals surface area contributed by atoms with Crippen LogP contribution in [-0.2, 0) is 0 Å². The number of piperidine rings is 1. The van der Waals surface area contributed by atoms with Crippen molar-refractivity contribution in [1.82, 2.24) is 15.5 Å². The second-order valence-electron chi connectivity index (χ2n) is 6.80. The molecule has 0 radical (unpaired) electrons. The maximum atomic E-state index is 4.71. The summed E-state index contributed by atoms with van der Waals surface area (Å²) in [6, 6.07) is 0. The molecule has 0 amide bonds. The van der Waals surface area contributed by atoms with Crippen molar-refractivity contribution in [2.24, 2.45) is 10.9 Å². The summed E-state index contributed by atoms with van der Waals surface area (Å²) in [5, 5.41) is 6.77. The highest BCUT2D eigenvalue weighted by atomic mass is 127. The molecule has 0 spiro atoms. The number of nitrogens with zero attached hydrogens (tertiary/aromatic N) is 2. The first-order valence-corrected chi connectivity index (χ1v) is 8.23. The van der Waals surface area contributed by atoms with Crippen LogP contribution in [-0.4, -0.2) is 49.1 Å². The summed E-state index contributed by atoms with van der Waals surface area (Å²) in [7, 11) is 0. The third-order valence-corrected chi connectivity index (χ3v) is 3.80. The van der Waals surface area contributed by atoms with E-state index in [1.807, 2.05) is 0 Å². The smallest absolute Gasteiger partial charge is 0.191 e. The lowest BCUT2D eigenvalue weighted by molar-refractivity contribution is 0.188. The summed E-state index contributed by atoms with van der Waals surface area (Å²) in [6.07, 6.45) is 3.90. The fourth-order valence-electron chi connectivity index (χ4n) is 2.61. The molecular weight excluding hydrogens is 375 g/mol. The van der Waals surface area contributed by atoms with E-state index in [0.717, 1.165) is 25.0 Å². The van der Waals surface area contributed by atoms with Crippen LogP contribution in [0.1, 0.15) is 53.9 Å². The van der Waals surface area contributed by atoms with E-state index in [1.165, 1.54) is 38.9 Å². The third-order valence-electron chi connectivity index (χ3n) is 3.80. The predicted octanol–water partition coefficient (Wildman–Crippen LogP) is 3.08. The van der Waals surface area contributed by atoms with Crippen molar-refractivity contribution < 1.29 is 0 Å². The highest BCUT2D eigenvalue weighted by molar-refractivity contribution is 14.0. The molecule has 0 aromatic rings. The summed E-state index contributed by atoms with van der Waals surface area (Å²) in [6.45, 7) is 16.5. The maximum Gasteiger partial charge on any atom is 0.191 e. The van der Waals surface area contributed by atoms with Crippen molar-refractivity contribution in [2.75, 3.05) is 32.7 Å². The van der Waals surface area contributed by atoms with Crippen LogP contribution < -0.4 is 10.6 Å². The molecule has 1 fully saturated rings. The number of guanidine groups is 1. The van der Waals surface area contributed by atoms with E-state index in [1.54, 1.807) is 0 Å². The lowest BCUT2D eigenvalue weighted by Crippen LogP contribution is -2.47. The summed E-state index contributed by atoms with van der Waals surface area (Å²) in [5.74, 6) is 1.81. The monoisotopic (exact) mass is 410 g/mol. The predicted molar refractivity (Wildman–Crippen MR) is 104 cm³/mol. The van der Waals surface area contributed by atoms with Crippen LogP contribution >= 0.6 is 24.0 Å². The lowest BCUT2D eigenvalue weighted by atomic mass is 9.94. The minimum atomic E-state index is 0. The molecule has 126 valence electrons. The zero-order valence-corrected chi connectivity index (χ0v) is 16.9. The van der Waals surface area contributed by atoms with Gasteiger partial charge in [0.1, 0.15) is 0 Å². The average Bonchev–Trinajstić information content (AvgIpc) is 2.38. The van der Waals surface area contributed by atoms with Gasteiger partial charge in [0.25, 0.3) is 0 Å².